The highest BCUT2D eigenvalue weighted by atomic mass is 19.1. The predicted octanol–water partition coefficient (Wildman–Crippen LogP) is 3.02. The maximum absolute atomic E-state index is 14.0. The Labute approximate surface area is 176 Å². The van der Waals surface area contributed by atoms with Crippen molar-refractivity contribution in [1.82, 2.24) is 4.90 Å². The molecule has 2 saturated heterocycles. The standard InChI is InChI=1S/C24H26FN3O2/c25-21-6-1-2-7-22(21)26-10-12-27(13-11-26)24(30)19-15-23(29)28(16-19)20-9-8-17-4-3-5-18(17)14-20/h1-2,6-9,14,19H,3-5,10-13,15-16H2. The van der Waals surface area contributed by atoms with Gasteiger partial charge in [-0.25, -0.2) is 4.39 Å². The first kappa shape index (κ1) is 19.1. The third-order valence-corrected chi connectivity index (χ3v) is 6.65. The average Bonchev–Trinajstić information content (AvgIpc) is 3.39. The number of benzene rings is 2. The third-order valence-electron chi connectivity index (χ3n) is 6.65. The van der Waals surface area contributed by atoms with E-state index in [1.54, 1.807) is 17.0 Å². The van der Waals surface area contributed by atoms with E-state index in [0.717, 1.165) is 18.5 Å². The lowest BCUT2D eigenvalue weighted by Gasteiger charge is -2.37. The lowest BCUT2D eigenvalue weighted by atomic mass is 10.1. The predicted molar refractivity (Wildman–Crippen MR) is 114 cm³/mol. The molecule has 2 heterocycles. The van der Waals surface area contributed by atoms with E-state index in [0.29, 0.717) is 38.4 Å². The molecule has 6 heteroatoms. The minimum atomic E-state index is -0.300. The van der Waals surface area contributed by atoms with E-state index >= 15 is 0 Å². The second-order valence-corrected chi connectivity index (χ2v) is 8.48. The van der Waals surface area contributed by atoms with Crippen LogP contribution in [0.2, 0.25) is 0 Å². The molecule has 2 aromatic rings. The smallest absolute Gasteiger partial charge is 0.228 e. The number of piperazine rings is 1. The zero-order valence-electron chi connectivity index (χ0n) is 17.0. The number of para-hydroxylation sites is 1. The highest BCUT2D eigenvalue weighted by Gasteiger charge is 2.38. The highest BCUT2D eigenvalue weighted by Crippen LogP contribution is 2.31. The van der Waals surface area contributed by atoms with E-state index in [2.05, 4.69) is 12.1 Å². The summed E-state index contributed by atoms with van der Waals surface area (Å²) in [5, 5.41) is 0. The van der Waals surface area contributed by atoms with Crippen LogP contribution in [0.25, 0.3) is 0 Å². The van der Waals surface area contributed by atoms with Crippen molar-refractivity contribution in [2.75, 3.05) is 42.5 Å². The second kappa shape index (κ2) is 7.74. The van der Waals surface area contributed by atoms with Crippen molar-refractivity contribution in [3.05, 3.63) is 59.4 Å². The number of anilines is 2. The van der Waals surface area contributed by atoms with E-state index in [1.807, 2.05) is 21.9 Å². The molecular formula is C24H26FN3O2. The number of amides is 2. The van der Waals surface area contributed by atoms with Crippen molar-refractivity contribution < 1.29 is 14.0 Å². The lowest BCUT2D eigenvalue weighted by Crippen LogP contribution is -2.51. The van der Waals surface area contributed by atoms with E-state index in [4.69, 9.17) is 0 Å². The Balaban J connectivity index is 1.22. The number of halogens is 1. The van der Waals surface area contributed by atoms with Crippen molar-refractivity contribution in [2.24, 2.45) is 5.92 Å². The van der Waals surface area contributed by atoms with Crippen LogP contribution in [0.3, 0.4) is 0 Å². The molecule has 156 valence electrons. The zero-order chi connectivity index (χ0) is 20.7. The average molecular weight is 407 g/mol. The van der Waals surface area contributed by atoms with Gasteiger partial charge < -0.3 is 14.7 Å². The molecule has 0 spiro atoms. The first-order valence-corrected chi connectivity index (χ1v) is 10.8. The normalized spacial score (nSPS) is 21.3. The van der Waals surface area contributed by atoms with Crippen molar-refractivity contribution in [3.8, 4) is 0 Å². The highest BCUT2D eigenvalue weighted by molar-refractivity contribution is 6.00. The second-order valence-electron chi connectivity index (χ2n) is 8.48. The Morgan fingerprint density at radius 2 is 1.73 bits per heavy atom. The summed E-state index contributed by atoms with van der Waals surface area (Å²) >= 11 is 0. The van der Waals surface area contributed by atoms with Crippen molar-refractivity contribution in [2.45, 2.75) is 25.7 Å². The van der Waals surface area contributed by atoms with Crippen LogP contribution in [-0.2, 0) is 22.4 Å². The third kappa shape index (κ3) is 3.44. The van der Waals surface area contributed by atoms with Gasteiger partial charge in [0, 0.05) is 44.8 Å². The van der Waals surface area contributed by atoms with Crippen LogP contribution in [0.4, 0.5) is 15.8 Å². The number of hydrogen-bond acceptors (Lipinski definition) is 3. The fourth-order valence-corrected chi connectivity index (χ4v) is 4.98. The number of nitrogens with zero attached hydrogens (tertiary/aromatic N) is 3. The van der Waals surface area contributed by atoms with Crippen LogP contribution in [0, 0.1) is 11.7 Å². The summed E-state index contributed by atoms with van der Waals surface area (Å²) in [5.41, 5.74) is 4.22. The monoisotopic (exact) mass is 407 g/mol. The molecule has 0 radical (unpaired) electrons. The molecule has 3 aliphatic rings. The van der Waals surface area contributed by atoms with Crippen LogP contribution in [-0.4, -0.2) is 49.4 Å². The van der Waals surface area contributed by atoms with Gasteiger partial charge in [0.25, 0.3) is 0 Å². The van der Waals surface area contributed by atoms with Crippen LogP contribution in [0.5, 0.6) is 0 Å². The van der Waals surface area contributed by atoms with Gasteiger partial charge in [0.2, 0.25) is 11.8 Å². The molecule has 0 saturated carbocycles. The van der Waals surface area contributed by atoms with Gasteiger partial charge in [-0.2, -0.15) is 0 Å². The Kier molecular flexibility index (Phi) is 4.93. The van der Waals surface area contributed by atoms with Gasteiger partial charge in [-0.15, -0.1) is 0 Å². The van der Waals surface area contributed by atoms with Gasteiger partial charge >= 0.3 is 0 Å². The fourth-order valence-electron chi connectivity index (χ4n) is 4.98. The van der Waals surface area contributed by atoms with Crippen molar-refractivity contribution in [3.63, 3.8) is 0 Å². The molecule has 5 rings (SSSR count). The minimum absolute atomic E-state index is 0.0243. The first-order chi connectivity index (χ1) is 14.6. The minimum Gasteiger partial charge on any atom is -0.366 e. The summed E-state index contributed by atoms with van der Waals surface area (Å²) in [6, 6.07) is 13.0. The molecule has 1 atom stereocenters. The van der Waals surface area contributed by atoms with Crippen molar-refractivity contribution in [1.29, 1.82) is 0 Å². The molecule has 2 amide bonds. The summed E-state index contributed by atoms with van der Waals surface area (Å²) in [7, 11) is 0. The van der Waals surface area contributed by atoms with Crippen LogP contribution in [0.1, 0.15) is 24.0 Å². The van der Waals surface area contributed by atoms with E-state index in [1.165, 1.54) is 23.6 Å². The van der Waals surface area contributed by atoms with Gasteiger partial charge in [0.05, 0.1) is 11.6 Å². The number of carbonyl (C=O) groups is 2. The molecule has 1 aliphatic carbocycles. The van der Waals surface area contributed by atoms with E-state index in [-0.39, 0.29) is 30.0 Å². The molecular weight excluding hydrogens is 381 g/mol. The zero-order valence-corrected chi connectivity index (χ0v) is 17.0. The summed E-state index contributed by atoms with van der Waals surface area (Å²) in [5.74, 6) is -0.467. The maximum Gasteiger partial charge on any atom is 0.228 e. The number of rotatable bonds is 3. The summed E-state index contributed by atoms with van der Waals surface area (Å²) in [6.07, 6.45) is 3.62. The Hall–Kier alpha value is -2.89. The lowest BCUT2D eigenvalue weighted by molar-refractivity contribution is -0.136. The molecule has 2 aromatic carbocycles. The largest absolute Gasteiger partial charge is 0.366 e. The Morgan fingerprint density at radius 3 is 2.53 bits per heavy atom. The van der Waals surface area contributed by atoms with Crippen LogP contribution in [0.15, 0.2) is 42.5 Å². The van der Waals surface area contributed by atoms with E-state index < -0.39 is 0 Å². The van der Waals surface area contributed by atoms with Gasteiger partial charge in [-0.3, -0.25) is 9.59 Å². The van der Waals surface area contributed by atoms with Crippen LogP contribution < -0.4 is 9.80 Å². The summed E-state index contributed by atoms with van der Waals surface area (Å²) in [4.78, 5) is 31.3. The number of aryl methyl sites for hydroxylation is 2. The molecule has 0 N–H and O–H groups in total. The van der Waals surface area contributed by atoms with Gasteiger partial charge in [-0.05, 0) is 54.7 Å². The summed E-state index contributed by atoms with van der Waals surface area (Å²) in [6.45, 7) is 2.75. The number of fused-ring (bicyclic) bond motifs is 1. The molecule has 0 bridgehead atoms. The van der Waals surface area contributed by atoms with Crippen molar-refractivity contribution >= 4 is 23.2 Å². The molecule has 2 aliphatic heterocycles. The Morgan fingerprint density at radius 1 is 0.967 bits per heavy atom. The maximum atomic E-state index is 14.0. The van der Waals surface area contributed by atoms with Gasteiger partial charge in [0.1, 0.15) is 5.82 Å². The Bertz CT molecular complexity index is 984. The fraction of sp³-hybridized carbons (Fsp3) is 0.417. The SMILES string of the molecule is O=C(C1CC(=O)N(c2ccc3c(c2)CCC3)C1)N1CCN(c2ccccc2F)CC1. The molecule has 2 fully saturated rings. The topological polar surface area (TPSA) is 43.9 Å². The van der Waals surface area contributed by atoms with Gasteiger partial charge in [0.15, 0.2) is 0 Å². The number of hydrogen-bond donors (Lipinski definition) is 0. The van der Waals surface area contributed by atoms with Gasteiger partial charge in [-0.1, -0.05) is 18.2 Å². The summed E-state index contributed by atoms with van der Waals surface area (Å²) < 4.78 is 14.0. The van der Waals surface area contributed by atoms with Crippen LogP contribution >= 0.6 is 0 Å². The number of carbonyl (C=O) groups excluding carboxylic acids is 2. The molecule has 1 unspecified atom stereocenters. The molecule has 5 nitrogen and oxygen atoms in total. The molecule has 30 heavy (non-hydrogen) atoms. The van der Waals surface area contributed by atoms with E-state index in [9.17, 15) is 14.0 Å². The first-order valence-electron chi connectivity index (χ1n) is 10.8. The quantitative estimate of drug-likeness (QED) is 0.786. The molecule has 0 aromatic heterocycles.